The monoisotopic (exact) mass is 196 g/mol. The molecule has 2 aliphatic rings. The molecule has 1 aliphatic heterocycles. The minimum atomic E-state index is 0.0934. The molecule has 1 amide bonds. The molecule has 80 valence electrons. The van der Waals surface area contributed by atoms with Gasteiger partial charge < -0.3 is 10.6 Å². The van der Waals surface area contributed by atoms with Crippen molar-refractivity contribution >= 4 is 5.91 Å². The molecule has 0 spiro atoms. The van der Waals surface area contributed by atoms with E-state index in [1.54, 1.807) is 0 Å². The van der Waals surface area contributed by atoms with Crippen LogP contribution >= 0.6 is 0 Å². The normalized spacial score (nSPS) is 26.4. The van der Waals surface area contributed by atoms with E-state index in [0.717, 1.165) is 38.3 Å². The van der Waals surface area contributed by atoms with Gasteiger partial charge in [0.15, 0.2) is 0 Å². The van der Waals surface area contributed by atoms with E-state index >= 15 is 0 Å². The summed E-state index contributed by atoms with van der Waals surface area (Å²) in [6, 6.07) is 0.0934. The lowest BCUT2D eigenvalue weighted by Gasteiger charge is -2.10. The summed E-state index contributed by atoms with van der Waals surface area (Å²) in [5, 5.41) is 6.21. The first kappa shape index (κ1) is 9.97. The predicted octanol–water partition coefficient (Wildman–Crippen LogP) is 1.04. The topological polar surface area (TPSA) is 41.1 Å². The van der Waals surface area contributed by atoms with E-state index in [1.807, 2.05) is 0 Å². The van der Waals surface area contributed by atoms with Gasteiger partial charge in [-0.05, 0) is 38.1 Å². The van der Waals surface area contributed by atoms with Crippen molar-refractivity contribution in [1.82, 2.24) is 10.6 Å². The Bertz CT molecular complexity index is 195. The molecular weight excluding hydrogens is 176 g/mol. The van der Waals surface area contributed by atoms with E-state index in [1.165, 1.54) is 19.3 Å². The summed E-state index contributed by atoms with van der Waals surface area (Å²) in [4.78, 5) is 11.5. The third-order valence-corrected chi connectivity index (χ3v) is 3.16. The largest absolute Gasteiger partial charge is 0.355 e. The van der Waals surface area contributed by atoms with Crippen molar-refractivity contribution in [3.8, 4) is 0 Å². The van der Waals surface area contributed by atoms with Gasteiger partial charge >= 0.3 is 0 Å². The molecule has 1 aliphatic carbocycles. The smallest absolute Gasteiger partial charge is 0.237 e. The van der Waals surface area contributed by atoms with E-state index in [0.29, 0.717) is 0 Å². The van der Waals surface area contributed by atoms with Gasteiger partial charge in [0, 0.05) is 6.54 Å². The molecule has 2 N–H and O–H groups in total. The van der Waals surface area contributed by atoms with Crippen LogP contribution in [0.15, 0.2) is 0 Å². The molecule has 1 heterocycles. The fourth-order valence-electron chi connectivity index (χ4n) is 2.04. The standard InChI is InChI=1S/C11H20N2O/c14-11(10-4-2-7-12-10)13-8-1-3-9-5-6-9/h9-10,12H,1-8H2,(H,13,14)/t10-/m1/s1. The molecule has 14 heavy (non-hydrogen) atoms. The van der Waals surface area contributed by atoms with Gasteiger partial charge in [0.1, 0.15) is 0 Å². The van der Waals surface area contributed by atoms with Crippen molar-refractivity contribution in [2.75, 3.05) is 13.1 Å². The number of nitrogens with one attached hydrogen (secondary N) is 2. The van der Waals surface area contributed by atoms with E-state index < -0.39 is 0 Å². The molecular formula is C11H20N2O. The maximum Gasteiger partial charge on any atom is 0.237 e. The van der Waals surface area contributed by atoms with Crippen molar-refractivity contribution in [2.45, 2.75) is 44.6 Å². The minimum absolute atomic E-state index is 0.0934. The zero-order chi connectivity index (χ0) is 9.80. The highest BCUT2D eigenvalue weighted by Crippen LogP contribution is 2.33. The van der Waals surface area contributed by atoms with Crippen LogP contribution in [0.5, 0.6) is 0 Å². The summed E-state index contributed by atoms with van der Waals surface area (Å²) < 4.78 is 0. The Morgan fingerprint density at radius 1 is 1.36 bits per heavy atom. The second-order valence-corrected chi connectivity index (χ2v) is 4.53. The first-order valence-corrected chi connectivity index (χ1v) is 5.87. The molecule has 2 rings (SSSR count). The van der Waals surface area contributed by atoms with Crippen LogP contribution in [0.2, 0.25) is 0 Å². The van der Waals surface area contributed by atoms with Gasteiger partial charge in [0.05, 0.1) is 6.04 Å². The van der Waals surface area contributed by atoms with Crippen LogP contribution in [0.25, 0.3) is 0 Å². The van der Waals surface area contributed by atoms with Gasteiger partial charge in [-0.25, -0.2) is 0 Å². The quantitative estimate of drug-likeness (QED) is 0.645. The van der Waals surface area contributed by atoms with E-state index in [2.05, 4.69) is 10.6 Å². The summed E-state index contributed by atoms with van der Waals surface area (Å²) in [5.74, 6) is 1.19. The summed E-state index contributed by atoms with van der Waals surface area (Å²) in [6.07, 6.45) is 7.44. The lowest BCUT2D eigenvalue weighted by atomic mass is 10.2. The number of hydrogen-bond acceptors (Lipinski definition) is 2. The minimum Gasteiger partial charge on any atom is -0.355 e. The van der Waals surface area contributed by atoms with E-state index in [-0.39, 0.29) is 11.9 Å². The van der Waals surface area contributed by atoms with Crippen molar-refractivity contribution in [3.63, 3.8) is 0 Å². The lowest BCUT2D eigenvalue weighted by Crippen LogP contribution is -2.40. The maximum absolute atomic E-state index is 11.5. The van der Waals surface area contributed by atoms with Gasteiger partial charge in [-0.15, -0.1) is 0 Å². The van der Waals surface area contributed by atoms with E-state index in [9.17, 15) is 4.79 Å². The predicted molar refractivity (Wildman–Crippen MR) is 56.0 cm³/mol. The van der Waals surface area contributed by atoms with Crippen LogP contribution in [-0.4, -0.2) is 25.0 Å². The van der Waals surface area contributed by atoms with Crippen LogP contribution < -0.4 is 10.6 Å². The van der Waals surface area contributed by atoms with Gasteiger partial charge in [-0.2, -0.15) is 0 Å². The highest BCUT2D eigenvalue weighted by molar-refractivity contribution is 5.81. The highest BCUT2D eigenvalue weighted by atomic mass is 16.2. The Kier molecular flexibility index (Phi) is 3.40. The molecule has 0 aromatic rings. The van der Waals surface area contributed by atoms with Crippen LogP contribution in [0.3, 0.4) is 0 Å². The van der Waals surface area contributed by atoms with Gasteiger partial charge in [-0.1, -0.05) is 12.8 Å². The SMILES string of the molecule is O=C(NCCCC1CC1)[C@H]1CCCN1. The van der Waals surface area contributed by atoms with Crippen molar-refractivity contribution < 1.29 is 4.79 Å². The van der Waals surface area contributed by atoms with Crippen LogP contribution in [0, 0.1) is 5.92 Å². The number of carbonyl (C=O) groups excluding carboxylic acids is 1. The first-order valence-electron chi connectivity index (χ1n) is 5.87. The molecule has 0 radical (unpaired) electrons. The Balaban J connectivity index is 1.52. The average molecular weight is 196 g/mol. The Morgan fingerprint density at radius 2 is 2.21 bits per heavy atom. The molecule has 0 unspecified atom stereocenters. The molecule has 1 atom stereocenters. The zero-order valence-electron chi connectivity index (χ0n) is 8.72. The first-order chi connectivity index (χ1) is 6.86. The highest BCUT2D eigenvalue weighted by Gasteiger charge is 2.22. The molecule has 0 aromatic carbocycles. The number of amides is 1. The molecule has 3 heteroatoms. The third kappa shape index (κ3) is 2.98. The second-order valence-electron chi connectivity index (χ2n) is 4.53. The fraction of sp³-hybridized carbons (Fsp3) is 0.909. The molecule has 1 saturated carbocycles. The van der Waals surface area contributed by atoms with Crippen LogP contribution in [0.1, 0.15) is 38.5 Å². The van der Waals surface area contributed by atoms with E-state index in [4.69, 9.17) is 0 Å². The zero-order valence-corrected chi connectivity index (χ0v) is 8.72. The van der Waals surface area contributed by atoms with Crippen molar-refractivity contribution in [2.24, 2.45) is 5.92 Å². The fourth-order valence-corrected chi connectivity index (χ4v) is 2.04. The summed E-state index contributed by atoms with van der Waals surface area (Å²) in [7, 11) is 0. The summed E-state index contributed by atoms with van der Waals surface area (Å²) in [5.41, 5.74) is 0. The summed E-state index contributed by atoms with van der Waals surface area (Å²) >= 11 is 0. The van der Waals surface area contributed by atoms with Gasteiger partial charge in [-0.3, -0.25) is 4.79 Å². The Hall–Kier alpha value is -0.570. The average Bonchev–Trinajstić information content (AvgIpc) is 2.84. The second kappa shape index (κ2) is 4.78. The van der Waals surface area contributed by atoms with Crippen LogP contribution in [0.4, 0.5) is 0 Å². The number of rotatable bonds is 5. The maximum atomic E-state index is 11.5. The molecule has 2 fully saturated rings. The van der Waals surface area contributed by atoms with Gasteiger partial charge in [0.2, 0.25) is 5.91 Å². The molecule has 3 nitrogen and oxygen atoms in total. The van der Waals surface area contributed by atoms with Crippen molar-refractivity contribution in [1.29, 1.82) is 0 Å². The molecule has 0 bridgehead atoms. The van der Waals surface area contributed by atoms with Gasteiger partial charge in [0.25, 0.3) is 0 Å². The number of carbonyl (C=O) groups is 1. The third-order valence-electron chi connectivity index (χ3n) is 3.16. The number of hydrogen-bond donors (Lipinski definition) is 2. The molecule has 0 aromatic heterocycles. The molecule has 1 saturated heterocycles. The van der Waals surface area contributed by atoms with Crippen molar-refractivity contribution in [3.05, 3.63) is 0 Å². The summed E-state index contributed by atoms with van der Waals surface area (Å²) in [6.45, 7) is 1.87. The Labute approximate surface area is 85.6 Å². The van der Waals surface area contributed by atoms with Crippen LogP contribution in [-0.2, 0) is 4.79 Å². The Morgan fingerprint density at radius 3 is 2.86 bits per heavy atom. The lowest BCUT2D eigenvalue weighted by molar-refractivity contribution is -0.122.